The molecule has 0 saturated heterocycles. The molecule has 0 bridgehead atoms. The van der Waals surface area contributed by atoms with E-state index in [0.29, 0.717) is 0 Å². The highest BCUT2D eigenvalue weighted by atomic mass is 35.5. The molecule has 0 amide bonds. The van der Waals surface area contributed by atoms with Crippen LogP contribution in [0.1, 0.15) is 104 Å². The summed E-state index contributed by atoms with van der Waals surface area (Å²) in [4.78, 5) is 0. The molecule has 0 spiro atoms. The third-order valence-corrected chi connectivity index (χ3v) is 5.93. The largest absolute Gasteiger partial charge is 0.322 e. The molecule has 1 nitrogen and oxygen atoms in total. The molecule has 0 rings (SSSR count). The summed E-state index contributed by atoms with van der Waals surface area (Å²) in [7, 11) is 0. The van der Waals surface area contributed by atoms with Gasteiger partial charge >= 0.3 is 0 Å². The first-order chi connectivity index (χ1) is 12.2. The molecule has 0 aliphatic rings. The molecule has 0 unspecified atom stereocenters. The second kappa shape index (κ2) is 19.3. The third-order valence-electron chi connectivity index (χ3n) is 5.59. The van der Waals surface area contributed by atoms with E-state index in [1.54, 1.807) is 0 Å². The maximum absolute atomic E-state index is 6.09. The van der Waals surface area contributed by atoms with E-state index in [9.17, 15) is 0 Å². The van der Waals surface area contributed by atoms with Gasteiger partial charge in [0, 0.05) is 0 Å². The molecule has 0 aromatic heterocycles. The Bertz CT molecular complexity index is 252. The SMILES string of the molecule is CCCCCCCCCCCCCC[N+](CCCl)(CCCl)CCCC. The molecule has 0 saturated carbocycles. The number of halogens is 2. The molecule has 0 aliphatic carbocycles. The molecular formula is C22H46Cl2N+. The summed E-state index contributed by atoms with van der Waals surface area (Å²) in [5.74, 6) is 1.53. The molecule has 3 heteroatoms. The lowest BCUT2D eigenvalue weighted by Gasteiger charge is -2.38. The number of quaternary nitrogens is 1. The molecule has 0 aromatic rings. The number of alkyl halides is 2. The Labute approximate surface area is 169 Å². The second-order valence-corrected chi connectivity index (χ2v) is 8.61. The van der Waals surface area contributed by atoms with Gasteiger partial charge in [0.2, 0.25) is 0 Å². The van der Waals surface area contributed by atoms with E-state index in [2.05, 4.69) is 13.8 Å². The minimum atomic E-state index is 0.763. The standard InChI is InChI=1S/C22H46Cl2N/c1-3-5-7-8-9-10-11-12-13-14-15-16-20-25(21-17-23,22-18-24)19-6-4-2/h3-22H2,1-2H3/q+1. The molecule has 0 aliphatic heterocycles. The number of nitrogens with zero attached hydrogens (tertiary/aromatic N) is 1. The Kier molecular flexibility index (Phi) is 19.7. The third kappa shape index (κ3) is 15.3. The van der Waals surface area contributed by atoms with Crippen LogP contribution in [0.3, 0.4) is 0 Å². The van der Waals surface area contributed by atoms with E-state index >= 15 is 0 Å². The van der Waals surface area contributed by atoms with Crippen LogP contribution in [0.2, 0.25) is 0 Å². The summed E-state index contributed by atoms with van der Waals surface area (Å²) in [5.41, 5.74) is 0. The van der Waals surface area contributed by atoms with Crippen molar-refractivity contribution in [2.75, 3.05) is 37.9 Å². The van der Waals surface area contributed by atoms with Crippen LogP contribution in [0.15, 0.2) is 0 Å². The molecule has 0 heterocycles. The van der Waals surface area contributed by atoms with Crippen molar-refractivity contribution in [3.05, 3.63) is 0 Å². The fraction of sp³-hybridized carbons (Fsp3) is 1.00. The van der Waals surface area contributed by atoms with Gasteiger partial charge in [-0.2, -0.15) is 0 Å². The van der Waals surface area contributed by atoms with Gasteiger partial charge in [0.05, 0.1) is 37.9 Å². The van der Waals surface area contributed by atoms with E-state index < -0.39 is 0 Å². The van der Waals surface area contributed by atoms with Crippen LogP contribution in [-0.4, -0.2) is 42.4 Å². The van der Waals surface area contributed by atoms with Crippen molar-refractivity contribution in [2.24, 2.45) is 0 Å². The normalized spacial score (nSPS) is 12.0. The van der Waals surface area contributed by atoms with Crippen molar-refractivity contribution in [1.29, 1.82) is 0 Å². The van der Waals surface area contributed by atoms with Gasteiger partial charge in [0.25, 0.3) is 0 Å². The maximum atomic E-state index is 6.09. The topological polar surface area (TPSA) is 0 Å². The number of hydrogen-bond donors (Lipinski definition) is 0. The van der Waals surface area contributed by atoms with Crippen LogP contribution in [0.5, 0.6) is 0 Å². The van der Waals surface area contributed by atoms with E-state index in [-0.39, 0.29) is 0 Å². The average molecular weight is 396 g/mol. The minimum absolute atomic E-state index is 0.763. The van der Waals surface area contributed by atoms with Gasteiger partial charge in [-0.15, -0.1) is 23.2 Å². The monoisotopic (exact) mass is 394 g/mol. The Morgan fingerprint density at radius 2 is 0.800 bits per heavy atom. The van der Waals surface area contributed by atoms with Crippen molar-refractivity contribution in [2.45, 2.75) is 104 Å². The van der Waals surface area contributed by atoms with Crippen LogP contribution in [0, 0.1) is 0 Å². The van der Waals surface area contributed by atoms with E-state index in [1.807, 2.05) is 0 Å². The molecule has 0 aromatic carbocycles. The summed E-state index contributed by atoms with van der Waals surface area (Å²) in [6, 6.07) is 0. The highest BCUT2D eigenvalue weighted by Crippen LogP contribution is 2.16. The van der Waals surface area contributed by atoms with Crippen LogP contribution in [0.4, 0.5) is 0 Å². The summed E-state index contributed by atoms with van der Waals surface area (Å²) >= 11 is 12.2. The van der Waals surface area contributed by atoms with Crippen LogP contribution >= 0.6 is 23.2 Å². The first kappa shape index (κ1) is 25.5. The highest BCUT2D eigenvalue weighted by Gasteiger charge is 2.24. The number of unbranched alkanes of at least 4 members (excludes halogenated alkanes) is 12. The Morgan fingerprint density at radius 3 is 1.20 bits per heavy atom. The van der Waals surface area contributed by atoms with Gasteiger partial charge < -0.3 is 4.48 Å². The van der Waals surface area contributed by atoms with Gasteiger partial charge in [0.15, 0.2) is 0 Å². The van der Waals surface area contributed by atoms with Crippen molar-refractivity contribution >= 4 is 23.2 Å². The smallest absolute Gasteiger partial charge is 0.0924 e. The van der Waals surface area contributed by atoms with Crippen LogP contribution < -0.4 is 0 Å². The van der Waals surface area contributed by atoms with Gasteiger partial charge in [-0.3, -0.25) is 0 Å². The zero-order chi connectivity index (χ0) is 18.6. The number of rotatable bonds is 20. The van der Waals surface area contributed by atoms with Crippen molar-refractivity contribution < 1.29 is 4.48 Å². The molecule has 25 heavy (non-hydrogen) atoms. The van der Waals surface area contributed by atoms with E-state index in [1.165, 1.54) is 103 Å². The first-order valence-electron chi connectivity index (χ1n) is 11.2. The molecule has 0 atom stereocenters. The lowest BCUT2D eigenvalue weighted by Crippen LogP contribution is -2.52. The molecule has 0 fully saturated rings. The minimum Gasteiger partial charge on any atom is -0.322 e. The fourth-order valence-corrected chi connectivity index (χ4v) is 4.53. The molecular weight excluding hydrogens is 349 g/mol. The number of hydrogen-bond acceptors (Lipinski definition) is 0. The lowest BCUT2D eigenvalue weighted by atomic mass is 10.0. The summed E-state index contributed by atoms with van der Waals surface area (Å²) in [6.07, 6.45) is 19.6. The fourth-order valence-electron chi connectivity index (χ4n) is 3.81. The predicted molar refractivity (Wildman–Crippen MR) is 117 cm³/mol. The zero-order valence-corrected chi connectivity index (χ0v) is 18.9. The van der Waals surface area contributed by atoms with Gasteiger partial charge in [-0.05, 0) is 19.3 Å². The highest BCUT2D eigenvalue weighted by molar-refractivity contribution is 6.18. The Balaban J connectivity index is 3.69. The molecule has 152 valence electrons. The van der Waals surface area contributed by atoms with E-state index in [4.69, 9.17) is 23.2 Å². The van der Waals surface area contributed by atoms with Gasteiger partial charge in [-0.1, -0.05) is 84.5 Å². The molecule has 0 radical (unpaired) electrons. The molecule has 0 N–H and O–H groups in total. The lowest BCUT2D eigenvalue weighted by molar-refractivity contribution is -0.924. The summed E-state index contributed by atoms with van der Waals surface area (Å²) in [6.45, 7) is 9.28. The van der Waals surface area contributed by atoms with Crippen molar-refractivity contribution in [3.63, 3.8) is 0 Å². The van der Waals surface area contributed by atoms with E-state index in [0.717, 1.165) is 29.3 Å². The average Bonchev–Trinajstić information content (AvgIpc) is 2.61. The van der Waals surface area contributed by atoms with Crippen LogP contribution in [0.25, 0.3) is 0 Å². The van der Waals surface area contributed by atoms with Crippen LogP contribution in [-0.2, 0) is 0 Å². The Morgan fingerprint density at radius 1 is 0.440 bits per heavy atom. The quantitative estimate of drug-likeness (QED) is 0.112. The second-order valence-electron chi connectivity index (χ2n) is 7.86. The summed E-state index contributed by atoms with van der Waals surface area (Å²) < 4.78 is 1.15. The van der Waals surface area contributed by atoms with Crippen molar-refractivity contribution in [3.8, 4) is 0 Å². The first-order valence-corrected chi connectivity index (χ1v) is 12.3. The predicted octanol–water partition coefficient (Wildman–Crippen LogP) is 7.78. The summed E-state index contributed by atoms with van der Waals surface area (Å²) in [5, 5.41) is 0. The Hall–Kier alpha value is 0.540. The van der Waals surface area contributed by atoms with Crippen molar-refractivity contribution in [1.82, 2.24) is 0 Å². The zero-order valence-electron chi connectivity index (χ0n) is 17.3. The maximum Gasteiger partial charge on any atom is 0.0924 e. The van der Waals surface area contributed by atoms with Gasteiger partial charge in [0.1, 0.15) is 0 Å². The van der Waals surface area contributed by atoms with Gasteiger partial charge in [-0.25, -0.2) is 0 Å².